The van der Waals surface area contributed by atoms with Gasteiger partial charge in [0.15, 0.2) is 0 Å². The molecule has 10 heteroatoms. The fourth-order valence-corrected chi connectivity index (χ4v) is 4.96. The Balaban J connectivity index is 1.99. The van der Waals surface area contributed by atoms with Gasteiger partial charge < -0.3 is 10.2 Å². The van der Waals surface area contributed by atoms with Crippen LogP contribution in [0.3, 0.4) is 0 Å². The summed E-state index contributed by atoms with van der Waals surface area (Å²) in [5.41, 5.74) is -0.816. The van der Waals surface area contributed by atoms with Crippen molar-refractivity contribution in [1.82, 2.24) is 9.29 Å². The van der Waals surface area contributed by atoms with Crippen molar-refractivity contribution in [3.8, 4) is 0 Å². The van der Waals surface area contributed by atoms with Crippen LogP contribution in [-0.2, 0) is 16.2 Å². The molecule has 1 aromatic heterocycles. The minimum Gasteiger partial charge on any atom is -0.368 e. The van der Waals surface area contributed by atoms with Crippen LogP contribution in [0.5, 0.6) is 0 Å². The largest absolute Gasteiger partial charge is 0.418 e. The van der Waals surface area contributed by atoms with Crippen LogP contribution in [0.1, 0.15) is 5.56 Å². The molecular formula is C19H17F4N3O2S. The van der Waals surface area contributed by atoms with Crippen LogP contribution in [0.4, 0.5) is 23.2 Å². The first-order chi connectivity index (χ1) is 13.7. The lowest BCUT2D eigenvalue weighted by molar-refractivity contribution is -0.136. The molecular weight excluding hydrogens is 410 g/mol. The number of piperazine rings is 1. The average molecular weight is 427 g/mol. The van der Waals surface area contributed by atoms with Crippen molar-refractivity contribution in [1.29, 1.82) is 0 Å². The molecule has 0 bridgehead atoms. The molecule has 1 aliphatic heterocycles. The lowest BCUT2D eigenvalue weighted by Crippen LogP contribution is -2.43. The van der Waals surface area contributed by atoms with Crippen molar-refractivity contribution < 1.29 is 26.0 Å². The van der Waals surface area contributed by atoms with Gasteiger partial charge in [0.05, 0.1) is 16.0 Å². The Kier molecular flexibility index (Phi) is 4.78. The Labute approximate surface area is 164 Å². The van der Waals surface area contributed by atoms with Gasteiger partial charge in [-0.2, -0.15) is 13.2 Å². The molecule has 2 aromatic carbocycles. The molecule has 1 saturated heterocycles. The topological polar surface area (TPSA) is 54.3 Å². The molecule has 0 aliphatic carbocycles. The van der Waals surface area contributed by atoms with Gasteiger partial charge in [-0.3, -0.25) is 0 Å². The third-order valence-electron chi connectivity index (χ3n) is 4.89. The first kappa shape index (κ1) is 19.7. The number of benzene rings is 2. The van der Waals surface area contributed by atoms with E-state index >= 15 is 0 Å². The molecule has 1 aliphatic rings. The monoisotopic (exact) mass is 427 g/mol. The normalized spacial score (nSPS) is 15.8. The molecule has 0 atom stereocenters. The molecule has 1 fully saturated rings. The Hall–Kier alpha value is -2.59. The number of rotatable bonds is 3. The quantitative estimate of drug-likeness (QED) is 0.651. The van der Waals surface area contributed by atoms with E-state index < -0.39 is 32.5 Å². The Morgan fingerprint density at radius 1 is 1.00 bits per heavy atom. The van der Waals surface area contributed by atoms with Crippen LogP contribution < -0.4 is 10.2 Å². The highest BCUT2D eigenvalue weighted by Gasteiger charge is 2.38. The number of anilines is 1. The molecule has 4 rings (SSSR count). The third-order valence-corrected chi connectivity index (χ3v) is 6.56. The zero-order valence-corrected chi connectivity index (χ0v) is 15.9. The predicted molar refractivity (Wildman–Crippen MR) is 101 cm³/mol. The summed E-state index contributed by atoms with van der Waals surface area (Å²) in [6, 6.07) is 8.61. The van der Waals surface area contributed by atoms with Gasteiger partial charge in [0.25, 0.3) is 10.0 Å². The first-order valence-electron chi connectivity index (χ1n) is 8.87. The van der Waals surface area contributed by atoms with E-state index in [1.54, 1.807) is 11.0 Å². The van der Waals surface area contributed by atoms with Gasteiger partial charge in [0.2, 0.25) is 0 Å². The number of nitrogens with zero attached hydrogens (tertiary/aromatic N) is 2. The predicted octanol–water partition coefficient (Wildman–Crippen LogP) is 3.45. The van der Waals surface area contributed by atoms with Crippen LogP contribution in [0.2, 0.25) is 0 Å². The van der Waals surface area contributed by atoms with E-state index in [4.69, 9.17) is 0 Å². The highest BCUT2D eigenvalue weighted by Crippen LogP contribution is 2.41. The van der Waals surface area contributed by atoms with Crippen molar-refractivity contribution >= 4 is 26.6 Å². The van der Waals surface area contributed by atoms with Crippen molar-refractivity contribution in [3.05, 3.63) is 60.0 Å². The van der Waals surface area contributed by atoms with Crippen LogP contribution in [-0.4, -0.2) is 38.6 Å². The summed E-state index contributed by atoms with van der Waals surface area (Å²) < 4.78 is 81.7. The molecule has 0 unspecified atom stereocenters. The lowest BCUT2D eigenvalue weighted by atomic mass is 10.1. The summed E-state index contributed by atoms with van der Waals surface area (Å²) in [6.45, 7) is 2.22. The van der Waals surface area contributed by atoms with E-state index in [0.29, 0.717) is 42.0 Å². The Bertz CT molecular complexity index is 1170. The molecule has 2 heterocycles. The maximum Gasteiger partial charge on any atom is 0.418 e. The molecule has 3 aromatic rings. The van der Waals surface area contributed by atoms with Crippen molar-refractivity contribution in [2.45, 2.75) is 11.1 Å². The summed E-state index contributed by atoms with van der Waals surface area (Å²) in [6.07, 6.45) is -4.18. The standard InChI is InChI=1S/C19H17F4N3O2S/c20-13-3-1-4-14(11-13)29(27,28)26-12-15(19(21,22)23)18-16(5-2-6-17(18)26)25-9-7-24-8-10-25/h1-6,11-12,24H,7-10H2. The summed E-state index contributed by atoms with van der Waals surface area (Å²) in [5.74, 6) is -0.792. The average Bonchev–Trinajstić information content (AvgIpc) is 3.10. The van der Waals surface area contributed by atoms with Crippen molar-refractivity contribution in [2.75, 3.05) is 31.1 Å². The van der Waals surface area contributed by atoms with E-state index in [-0.39, 0.29) is 10.9 Å². The minimum absolute atomic E-state index is 0.0994. The third kappa shape index (κ3) is 3.46. The van der Waals surface area contributed by atoms with Gasteiger partial charge in [-0.05, 0) is 30.3 Å². The van der Waals surface area contributed by atoms with E-state index in [2.05, 4.69) is 5.32 Å². The molecule has 154 valence electrons. The zero-order valence-electron chi connectivity index (χ0n) is 15.1. The molecule has 5 nitrogen and oxygen atoms in total. The van der Waals surface area contributed by atoms with Crippen LogP contribution in [0.25, 0.3) is 10.9 Å². The maximum absolute atomic E-state index is 13.8. The fraction of sp³-hybridized carbons (Fsp3) is 0.263. The van der Waals surface area contributed by atoms with Gasteiger partial charge in [-0.15, -0.1) is 0 Å². The van der Waals surface area contributed by atoms with E-state index in [0.717, 1.165) is 18.2 Å². The number of aromatic nitrogens is 1. The SMILES string of the molecule is O=S(=O)(c1cccc(F)c1)n1cc(C(F)(F)F)c2c(N3CCNCC3)cccc21. The van der Waals surface area contributed by atoms with E-state index in [9.17, 15) is 26.0 Å². The van der Waals surface area contributed by atoms with Crippen LogP contribution in [0.15, 0.2) is 53.6 Å². The lowest BCUT2D eigenvalue weighted by Gasteiger charge is -2.30. The van der Waals surface area contributed by atoms with Crippen molar-refractivity contribution in [2.24, 2.45) is 0 Å². The molecule has 0 radical (unpaired) electrons. The Morgan fingerprint density at radius 2 is 1.69 bits per heavy atom. The fourth-order valence-electron chi connectivity index (χ4n) is 3.56. The number of hydrogen-bond donors (Lipinski definition) is 1. The van der Waals surface area contributed by atoms with E-state index in [1.807, 2.05) is 0 Å². The highest BCUT2D eigenvalue weighted by atomic mass is 32.2. The second-order valence-corrected chi connectivity index (χ2v) is 8.52. The van der Waals surface area contributed by atoms with Gasteiger partial charge in [0.1, 0.15) is 5.82 Å². The number of hydrogen-bond acceptors (Lipinski definition) is 4. The van der Waals surface area contributed by atoms with Crippen LogP contribution in [0, 0.1) is 5.82 Å². The summed E-state index contributed by atoms with van der Waals surface area (Å²) in [7, 11) is -4.43. The molecule has 29 heavy (non-hydrogen) atoms. The molecule has 1 N–H and O–H groups in total. The molecule has 0 amide bonds. The van der Waals surface area contributed by atoms with Gasteiger partial charge in [-0.1, -0.05) is 12.1 Å². The number of halogens is 4. The minimum atomic E-state index is -4.76. The zero-order chi connectivity index (χ0) is 20.8. The van der Waals surface area contributed by atoms with E-state index in [1.165, 1.54) is 18.2 Å². The number of nitrogens with one attached hydrogen (secondary N) is 1. The Morgan fingerprint density at radius 3 is 2.34 bits per heavy atom. The smallest absolute Gasteiger partial charge is 0.368 e. The molecule has 0 saturated carbocycles. The summed E-state index contributed by atoms with van der Waals surface area (Å²) >= 11 is 0. The number of fused-ring (bicyclic) bond motifs is 1. The molecule has 0 spiro atoms. The maximum atomic E-state index is 13.8. The summed E-state index contributed by atoms with van der Waals surface area (Å²) in [5, 5.41) is 2.95. The van der Waals surface area contributed by atoms with Crippen molar-refractivity contribution in [3.63, 3.8) is 0 Å². The first-order valence-corrected chi connectivity index (χ1v) is 10.3. The summed E-state index contributed by atoms with van der Waals surface area (Å²) in [4.78, 5) is 1.38. The van der Waals surface area contributed by atoms with Crippen LogP contribution >= 0.6 is 0 Å². The second kappa shape index (κ2) is 7.03. The van der Waals surface area contributed by atoms with Gasteiger partial charge in [-0.25, -0.2) is 16.8 Å². The highest BCUT2D eigenvalue weighted by molar-refractivity contribution is 7.90. The second-order valence-electron chi connectivity index (χ2n) is 6.71. The van der Waals surface area contributed by atoms with Gasteiger partial charge in [0, 0.05) is 43.4 Å². The number of alkyl halides is 3. The van der Waals surface area contributed by atoms with Gasteiger partial charge >= 0.3 is 6.18 Å².